The lowest BCUT2D eigenvalue weighted by Crippen LogP contribution is -2.31. The molecule has 0 spiro atoms. The number of rotatable bonds is 2. The van der Waals surface area contributed by atoms with Gasteiger partial charge in [0.25, 0.3) is 5.91 Å². The normalized spacial score (nSPS) is 18.2. The van der Waals surface area contributed by atoms with Crippen LogP contribution in [-0.4, -0.2) is 32.3 Å². The smallest absolute Gasteiger partial charge is 0.259 e. The third kappa shape index (κ3) is 2.14. The Hall–Kier alpha value is -2.11. The van der Waals surface area contributed by atoms with Crippen molar-refractivity contribution in [2.45, 2.75) is 46.6 Å². The number of carbonyl (C=O) groups excluding carboxylic acids is 1. The number of aryl methyl sites for hydroxylation is 4. The largest absolute Gasteiger partial charge is 0.361 e. The average molecular weight is 302 g/mol. The van der Waals surface area contributed by atoms with Crippen molar-refractivity contribution in [1.29, 1.82) is 0 Å². The second-order valence-corrected chi connectivity index (χ2v) is 6.06. The SMILES string of the molecule is Cc1noc(C)c1C(=O)N1CCC[C@@H]1c1c(C)nn(C)c1C. The predicted molar refractivity (Wildman–Crippen MR) is 81.7 cm³/mol. The molecule has 0 aliphatic carbocycles. The molecule has 2 aromatic rings. The molecule has 0 bridgehead atoms. The fourth-order valence-corrected chi connectivity index (χ4v) is 3.51. The van der Waals surface area contributed by atoms with Gasteiger partial charge in [-0.1, -0.05) is 5.16 Å². The number of hydrogen-bond acceptors (Lipinski definition) is 4. The second kappa shape index (κ2) is 5.26. The summed E-state index contributed by atoms with van der Waals surface area (Å²) in [7, 11) is 1.95. The lowest BCUT2D eigenvalue weighted by atomic mass is 10.0. The minimum atomic E-state index is 0.0152. The third-order valence-corrected chi connectivity index (χ3v) is 4.66. The van der Waals surface area contributed by atoms with Gasteiger partial charge in [-0.25, -0.2) is 0 Å². The van der Waals surface area contributed by atoms with Gasteiger partial charge >= 0.3 is 0 Å². The van der Waals surface area contributed by atoms with Crippen LogP contribution in [0.5, 0.6) is 0 Å². The molecule has 1 amide bonds. The van der Waals surface area contributed by atoms with Gasteiger partial charge in [-0.2, -0.15) is 5.10 Å². The number of likely N-dealkylation sites (tertiary alicyclic amines) is 1. The second-order valence-electron chi connectivity index (χ2n) is 6.06. The van der Waals surface area contributed by atoms with Gasteiger partial charge in [0.1, 0.15) is 11.3 Å². The molecular formula is C16H22N4O2. The molecule has 6 nitrogen and oxygen atoms in total. The van der Waals surface area contributed by atoms with E-state index < -0.39 is 0 Å². The van der Waals surface area contributed by atoms with Crippen molar-refractivity contribution in [3.8, 4) is 0 Å². The van der Waals surface area contributed by atoms with Gasteiger partial charge in [0.05, 0.1) is 17.4 Å². The van der Waals surface area contributed by atoms with Gasteiger partial charge < -0.3 is 9.42 Å². The molecule has 1 aliphatic heterocycles. The molecule has 6 heteroatoms. The van der Waals surface area contributed by atoms with Crippen LogP contribution in [0, 0.1) is 27.7 Å². The van der Waals surface area contributed by atoms with Crippen LogP contribution in [0.2, 0.25) is 0 Å². The zero-order chi connectivity index (χ0) is 16.0. The molecule has 22 heavy (non-hydrogen) atoms. The van der Waals surface area contributed by atoms with Gasteiger partial charge in [-0.05, 0) is 40.5 Å². The number of carbonyl (C=O) groups is 1. The molecule has 118 valence electrons. The van der Waals surface area contributed by atoms with E-state index in [1.165, 1.54) is 5.56 Å². The average Bonchev–Trinajstić information content (AvgIpc) is 3.11. The van der Waals surface area contributed by atoms with Crippen molar-refractivity contribution in [2.75, 3.05) is 6.54 Å². The molecule has 2 aromatic heterocycles. The summed E-state index contributed by atoms with van der Waals surface area (Å²) < 4.78 is 7.04. The van der Waals surface area contributed by atoms with Crippen LogP contribution in [-0.2, 0) is 7.05 Å². The zero-order valence-electron chi connectivity index (χ0n) is 13.8. The van der Waals surface area contributed by atoms with Crippen LogP contribution in [0.3, 0.4) is 0 Å². The van der Waals surface area contributed by atoms with Crippen molar-refractivity contribution in [2.24, 2.45) is 7.05 Å². The van der Waals surface area contributed by atoms with Crippen molar-refractivity contribution in [1.82, 2.24) is 19.8 Å². The molecular weight excluding hydrogens is 280 g/mol. The number of amides is 1. The highest BCUT2D eigenvalue weighted by Gasteiger charge is 2.35. The van der Waals surface area contributed by atoms with E-state index in [0.29, 0.717) is 17.0 Å². The third-order valence-electron chi connectivity index (χ3n) is 4.66. The minimum Gasteiger partial charge on any atom is -0.361 e. The summed E-state index contributed by atoms with van der Waals surface area (Å²) in [5.41, 5.74) is 4.57. The van der Waals surface area contributed by atoms with E-state index in [1.54, 1.807) is 6.92 Å². The monoisotopic (exact) mass is 302 g/mol. The predicted octanol–water partition coefficient (Wildman–Crippen LogP) is 2.62. The summed E-state index contributed by atoms with van der Waals surface area (Å²) in [5, 5.41) is 8.40. The van der Waals surface area contributed by atoms with E-state index in [9.17, 15) is 4.79 Å². The molecule has 1 atom stereocenters. The van der Waals surface area contributed by atoms with E-state index in [2.05, 4.69) is 17.2 Å². The lowest BCUT2D eigenvalue weighted by molar-refractivity contribution is 0.0732. The first-order valence-corrected chi connectivity index (χ1v) is 7.65. The standard InChI is InChI=1S/C16H22N4O2/c1-9-14(11(3)19(5)17-9)13-7-6-8-20(13)16(21)15-10(2)18-22-12(15)4/h13H,6-8H2,1-5H3/t13-/m1/s1. The number of aromatic nitrogens is 3. The molecule has 1 saturated heterocycles. The molecule has 1 aliphatic rings. The van der Waals surface area contributed by atoms with Gasteiger partial charge in [0, 0.05) is 24.8 Å². The van der Waals surface area contributed by atoms with Crippen molar-refractivity contribution in [3.05, 3.63) is 34.0 Å². The van der Waals surface area contributed by atoms with E-state index in [1.807, 2.05) is 30.5 Å². The Morgan fingerprint density at radius 3 is 2.50 bits per heavy atom. The van der Waals surface area contributed by atoms with Crippen LogP contribution in [0.4, 0.5) is 0 Å². The highest BCUT2D eigenvalue weighted by atomic mass is 16.5. The Bertz CT molecular complexity index is 709. The highest BCUT2D eigenvalue weighted by Crippen LogP contribution is 2.36. The van der Waals surface area contributed by atoms with Crippen LogP contribution >= 0.6 is 0 Å². The van der Waals surface area contributed by atoms with E-state index in [-0.39, 0.29) is 11.9 Å². The summed E-state index contributed by atoms with van der Waals surface area (Å²) in [6.45, 7) is 8.45. The first-order valence-electron chi connectivity index (χ1n) is 7.65. The van der Waals surface area contributed by atoms with Gasteiger partial charge in [0.2, 0.25) is 0 Å². The minimum absolute atomic E-state index is 0.0152. The molecule has 0 aromatic carbocycles. The Morgan fingerprint density at radius 2 is 1.95 bits per heavy atom. The maximum atomic E-state index is 13.0. The Balaban J connectivity index is 1.99. The molecule has 0 unspecified atom stereocenters. The summed E-state index contributed by atoms with van der Waals surface area (Å²) >= 11 is 0. The number of hydrogen-bond donors (Lipinski definition) is 0. The van der Waals surface area contributed by atoms with Crippen LogP contribution in [0.1, 0.15) is 57.6 Å². The molecule has 3 rings (SSSR count). The Labute approximate surface area is 130 Å². The topological polar surface area (TPSA) is 64.2 Å². The van der Waals surface area contributed by atoms with Gasteiger partial charge in [-0.3, -0.25) is 9.48 Å². The fourth-order valence-electron chi connectivity index (χ4n) is 3.51. The maximum Gasteiger partial charge on any atom is 0.259 e. The quantitative estimate of drug-likeness (QED) is 0.855. The summed E-state index contributed by atoms with van der Waals surface area (Å²) in [5.74, 6) is 0.606. The zero-order valence-corrected chi connectivity index (χ0v) is 13.8. The van der Waals surface area contributed by atoms with Gasteiger partial charge in [-0.15, -0.1) is 0 Å². The fraction of sp³-hybridized carbons (Fsp3) is 0.562. The Morgan fingerprint density at radius 1 is 1.23 bits per heavy atom. The van der Waals surface area contributed by atoms with Crippen molar-refractivity contribution in [3.63, 3.8) is 0 Å². The van der Waals surface area contributed by atoms with E-state index >= 15 is 0 Å². The van der Waals surface area contributed by atoms with E-state index in [4.69, 9.17) is 4.52 Å². The van der Waals surface area contributed by atoms with Crippen molar-refractivity contribution < 1.29 is 9.32 Å². The molecule has 3 heterocycles. The highest BCUT2D eigenvalue weighted by molar-refractivity contribution is 5.96. The first-order chi connectivity index (χ1) is 10.4. The van der Waals surface area contributed by atoms with Crippen LogP contribution in [0.15, 0.2) is 4.52 Å². The van der Waals surface area contributed by atoms with Crippen LogP contribution in [0.25, 0.3) is 0 Å². The first kappa shape index (κ1) is 14.8. The van der Waals surface area contributed by atoms with E-state index in [0.717, 1.165) is 30.8 Å². The molecule has 0 saturated carbocycles. The van der Waals surface area contributed by atoms with Crippen molar-refractivity contribution >= 4 is 5.91 Å². The lowest BCUT2D eigenvalue weighted by Gasteiger charge is -2.25. The number of nitrogens with zero attached hydrogens (tertiary/aromatic N) is 4. The van der Waals surface area contributed by atoms with Gasteiger partial charge in [0.15, 0.2) is 0 Å². The summed E-state index contributed by atoms with van der Waals surface area (Å²) in [4.78, 5) is 14.9. The molecule has 1 fully saturated rings. The van der Waals surface area contributed by atoms with Crippen LogP contribution < -0.4 is 0 Å². The summed E-state index contributed by atoms with van der Waals surface area (Å²) in [6.07, 6.45) is 1.98. The molecule has 0 N–H and O–H groups in total. The maximum absolute atomic E-state index is 13.0. The molecule has 0 radical (unpaired) electrons. The Kier molecular flexibility index (Phi) is 3.54. The summed E-state index contributed by atoms with van der Waals surface area (Å²) in [6, 6.07) is 0.0925.